The van der Waals surface area contributed by atoms with Crippen molar-refractivity contribution in [3.05, 3.63) is 67.0 Å². The predicted molar refractivity (Wildman–Crippen MR) is 102 cm³/mol. The maximum absolute atomic E-state index is 5.95. The van der Waals surface area contributed by atoms with Crippen molar-refractivity contribution in [1.82, 2.24) is 19.7 Å². The van der Waals surface area contributed by atoms with Gasteiger partial charge in [-0.25, -0.2) is 9.67 Å². The summed E-state index contributed by atoms with van der Waals surface area (Å²) in [6, 6.07) is 17.4. The van der Waals surface area contributed by atoms with Gasteiger partial charge >= 0.3 is 0 Å². The van der Waals surface area contributed by atoms with E-state index >= 15 is 0 Å². The number of hydrogen-bond donors (Lipinski definition) is 0. The molecular formula is C20H19N5O. The highest BCUT2D eigenvalue weighted by atomic mass is 16.5. The van der Waals surface area contributed by atoms with E-state index in [2.05, 4.69) is 21.9 Å². The van der Waals surface area contributed by atoms with Crippen LogP contribution < -0.4 is 9.64 Å². The van der Waals surface area contributed by atoms with Crippen LogP contribution in [0.5, 0.6) is 11.5 Å². The lowest BCUT2D eigenvalue weighted by atomic mass is 10.2. The molecule has 0 saturated heterocycles. The van der Waals surface area contributed by atoms with Crippen molar-refractivity contribution in [3.8, 4) is 17.4 Å². The smallest absolute Gasteiger partial charge is 0.253 e. The van der Waals surface area contributed by atoms with Crippen LogP contribution in [0, 0.1) is 0 Å². The minimum Gasteiger partial charge on any atom is -0.457 e. The fourth-order valence-electron chi connectivity index (χ4n) is 2.70. The lowest BCUT2D eigenvalue weighted by molar-refractivity contribution is 0.483. The Labute approximate surface area is 151 Å². The zero-order chi connectivity index (χ0) is 17.9. The van der Waals surface area contributed by atoms with E-state index in [9.17, 15) is 0 Å². The van der Waals surface area contributed by atoms with Crippen molar-refractivity contribution in [2.75, 3.05) is 18.5 Å². The van der Waals surface area contributed by atoms with Crippen molar-refractivity contribution in [2.45, 2.75) is 6.92 Å². The fourth-order valence-corrected chi connectivity index (χ4v) is 2.70. The third-order valence-corrected chi connectivity index (χ3v) is 4.16. The molecule has 26 heavy (non-hydrogen) atoms. The number of benzene rings is 2. The van der Waals surface area contributed by atoms with E-state index in [-0.39, 0.29) is 0 Å². The molecule has 0 aliphatic heterocycles. The van der Waals surface area contributed by atoms with Gasteiger partial charge in [-0.2, -0.15) is 10.1 Å². The summed E-state index contributed by atoms with van der Waals surface area (Å²) in [7, 11) is 2.02. The Morgan fingerprint density at radius 1 is 1.00 bits per heavy atom. The van der Waals surface area contributed by atoms with E-state index in [4.69, 9.17) is 9.72 Å². The SMILES string of the molecule is CCN(C)c1nc(-n2cccn2)nc2cc(Oc3ccccc3)ccc12. The monoisotopic (exact) mass is 345 g/mol. The maximum atomic E-state index is 5.95. The Kier molecular flexibility index (Phi) is 4.23. The van der Waals surface area contributed by atoms with Crippen LogP contribution in [0.2, 0.25) is 0 Å². The van der Waals surface area contributed by atoms with Crippen LogP contribution in [0.25, 0.3) is 16.9 Å². The summed E-state index contributed by atoms with van der Waals surface area (Å²) in [6.45, 7) is 2.93. The standard InChI is InChI=1S/C20H19N5O/c1-3-24(2)19-17-11-10-16(26-15-8-5-4-6-9-15)14-18(17)22-20(23-19)25-13-7-12-21-25/h4-14H,3H2,1-2H3. The summed E-state index contributed by atoms with van der Waals surface area (Å²) >= 11 is 0. The number of nitrogens with zero attached hydrogens (tertiary/aromatic N) is 5. The minimum absolute atomic E-state index is 0.537. The second-order valence-electron chi connectivity index (χ2n) is 5.91. The molecule has 6 nitrogen and oxygen atoms in total. The molecule has 4 aromatic rings. The van der Waals surface area contributed by atoms with Crippen molar-refractivity contribution in [3.63, 3.8) is 0 Å². The molecule has 0 saturated carbocycles. The number of aromatic nitrogens is 4. The van der Waals surface area contributed by atoms with Gasteiger partial charge in [0.1, 0.15) is 17.3 Å². The molecule has 0 spiro atoms. The molecule has 6 heteroatoms. The van der Waals surface area contributed by atoms with Crippen LogP contribution in [0.3, 0.4) is 0 Å². The Balaban J connectivity index is 1.82. The molecule has 2 aromatic carbocycles. The van der Waals surface area contributed by atoms with Gasteiger partial charge in [-0.3, -0.25) is 0 Å². The van der Waals surface area contributed by atoms with E-state index in [1.807, 2.05) is 67.8 Å². The number of para-hydroxylation sites is 1. The second kappa shape index (κ2) is 6.84. The Bertz CT molecular complexity index is 1020. The molecule has 0 unspecified atom stereocenters. The fraction of sp³-hybridized carbons (Fsp3) is 0.150. The predicted octanol–water partition coefficient (Wildman–Crippen LogP) is 4.06. The molecule has 130 valence electrons. The quantitative estimate of drug-likeness (QED) is 0.546. The molecule has 2 heterocycles. The average molecular weight is 345 g/mol. The molecule has 0 aliphatic carbocycles. The van der Waals surface area contributed by atoms with Gasteiger partial charge in [0.25, 0.3) is 5.95 Å². The zero-order valence-electron chi connectivity index (χ0n) is 14.7. The summed E-state index contributed by atoms with van der Waals surface area (Å²) < 4.78 is 7.61. The van der Waals surface area contributed by atoms with Crippen LogP contribution in [-0.4, -0.2) is 33.3 Å². The van der Waals surface area contributed by atoms with E-state index in [0.29, 0.717) is 5.95 Å². The second-order valence-corrected chi connectivity index (χ2v) is 5.91. The van der Waals surface area contributed by atoms with Crippen molar-refractivity contribution in [1.29, 1.82) is 0 Å². The van der Waals surface area contributed by atoms with Crippen LogP contribution >= 0.6 is 0 Å². The highest BCUT2D eigenvalue weighted by molar-refractivity contribution is 5.91. The van der Waals surface area contributed by atoms with Gasteiger partial charge in [-0.05, 0) is 37.3 Å². The summed E-state index contributed by atoms with van der Waals surface area (Å²) in [4.78, 5) is 11.5. The maximum Gasteiger partial charge on any atom is 0.253 e. The van der Waals surface area contributed by atoms with Gasteiger partial charge in [0.2, 0.25) is 0 Å². The van der Waals surface area contributed by atoms with Crippen LogP contribution in [0.15, 0.2) is 67.0 Å². The van der Waals surface area contributed by atoms with Crippen LogP contribution in [0.4, 0.5) is 5.82 Å². The molecule has 0 N–H and O–H groups in total. The third kappa shape index (κ3) is 3.09. The topological polar surface area (TPSA) is 56.1 Å². The molecule has 2 aromatic heterocycles. The largest absolute Gasteiger partial charge is 0.457 e. The van der Waals surface area contributed by atoms with Crippen molar-refractivity contribution in [2.24, 2.45) is 0 Å². The molecule has 0 radical (unpaired) electrons. The first-order valence-electron chi connectivity index (χ1n) is 8.50. The zero-order valence-corrected chi connectivity index (χ0v) is 14.7. The van der Waals surface area contributed by atoms with Crippen molar-refractivity contribution >= 4 is 16.7 Å². The molecule has 4 rings (SSSR count). The average Bonchev–Trinajstić information content (AvgIpc) is 3.22. The Morgan fingerprint density at radius 3 is 2.58 bits per heavy atom. The first-order chi connectivity index (χ1) is 12.7. The minimum atomic E-state index is 0.537. The third-order valence-electron chi connectivity index (χ3n) is 4.16. The number of hydrogen-bond acceptors (Lipinski definition) is 5. The first kappa shape index (κ1) is 16.1. The summed E-state index contributed by atoms with van der Waals surface area (Å²) in [5, 5.41) is 5.23. The first-order valence-corrected chi connectivity index (χ1v) is 8.50. The highest BCUT2D eigenvalue weighted by Gasteiger charge is 2.13. The molecule has 0 atom stereocenters. The normalized spacial score (nSPS) is 10.8. The number of rotatable bonds is 5. The lowest BCUT2D eigenvalue weighted by Crippen LogP contribution is -2.19. The molecule has 0 bridgehead atoms. The van der Waals surface area contributed by atoms with Gasteiger partial charge in [0.05, 0.1) is 5.52 Å². The number of ether oxygens (including phenoxy) is 1. The molecular weight excluding hydrogens is 326 g/mol. The van der Waals surface area contributed by atoms with E-state index in [1.54, 1.807) is 10.9 Å². The van der Waals surface area contributed by atoms with Gasteiger partial charge < -0.3 is 9.64 Å². The number of fused-ring (bicyclic) bond motifs is 1. The van der Waals surface area contributed by atoms with E-state index in [1.165, 1.54) is 0 Å². The summed E-state index contributed by atoms with van der Waals surface area (Å²) in [5.41, 5.74) is 0.814. The molecule has 0 aliphatic rings. The lowest BCUT2D eigenvalue weighted by Gasteiger charge is -2.19. The van der Waals surface area contributed by atoms with E-state index in [0.717, 1.165) is 34.8 Å². The molecule has 0 amide bonds. The summed E-state index contributed by atoms with van der Waals surface area (Å²) in [6.07, 6.45) is 3.55. The Hall–Kier alpha value is -3.41. The number of anilines is 1. The van der Waals surface area contributed by atoms with Gasteiger partial charge in [0, 0.05) is 37.4 Å². The van der Waals surface area contributed by atoms with Crippen LogP contribution in [-0.2, 0) is 0 Å². The van der Waals surface area contributed by atoms with Crippen LogP contribution in [0.1, 0.15) is 6.92 Å². The summed E-state index contributed by atoms with van der Waals surface area (Å²) in [5.74, 6) is 2.93. The van der Waals surface area contributed by atoms with Gasteiger partial charge in [-0.15, -0.1) is 0 Å². The van der Waals surface area contributed by atoms with Gasteiger partial charge in [-0.1, -0.05) is 18.2 Å². The van der Waals surface area contributed by atoms with Gasteiger partial charge in [0.15, 0.2) is 0 Å². The van der Waals surface area contributed by atoms with Crippen molar-refractivity contribution < 1.29 is 4.74 Å². The highest BCUT2D eigenvalue weighted by Crippen LogP contribution is 2.29. The van der Waals surface area contributed by atoms with E-state index < -0.39 is 0 Å². The Morgan fingerprint density at radius 2 is 1.85 bits per heavy atom. The molecule has 0 fully saturated rings.